The van der Waals surface area contributed by atoms with Gasteiger partial charge < -0.3 is 0 Å². The van der Waals surface area contributed by atoms with Gasteiger partial charge in [0.15, 0.2) is 5.78 Å². The zero-order valence-corrected chi connectivity index (χ0v) is 11.9. The summed E-state index contributed by atoms with van der Waals surface area (Å²) in [5.41, 5.74) is -0.461. The second-order valence-corrected chi connectivity index (χ2v) is 5.10. The van der Waals surface area contributed by atoms with Crippen molar-refractivity contribution in [1.29, 1.82) is 0 Å². The van der Waals surface area contributed by atoms with Crippen molar-refractivity contribution < 1.29 is 18.0 Å². The highest BCUT2D eigenvalue weighted by molar-refractivity contribution is 6.31. The predicted molar refractivity (Wildman–Crippen MR) is 73.7 cm³/mol. The zero-order valence-electron chi connectivity index (χ0n) is 10.4. The number of halogens is 5. The number of carbonyl (C=O) groups is 1. The number of alkyl halides is 3. The Kier molecular flexibility index (Phi) is 4.54. The van der Waals surface area contributed by atoms with E-state index in [4.69, 9.17) is 23.2 Å². The second kappa shape index (κ2) is 6.03. The van der Waals surface area contributed by atoms with E-state index in [0.717, 1.165) is 6.07 Å². The van der Waals surface area contributed by atoms with E-state index in [1.54, 1.807) is 12.1 Å². The van der Waals surface area contributed by atoms with Gasteiger partial charge in [-0.25, -0.2) is 0 Å². The largest absolute Gasteiger partial charge is 0.417 e. The molecule has 0 saturated carbocycles. The van der Waals surface area contributed by atoms with E-state index in [9.17, 15) is 18.0 Å². The third-order valence-electron chi connectivity index (χ3n) is 2.74. The van der Waals surface area contributed by atoms with Gasteiger partial charge in [-0.3, -0.25) is 9.78 Å². The van der Waals surface area contributed by atoms with Gasteiger partial charge in [-0.1, -0.05) is 23.2 Å². The molecular formula is C14H8Cl2F3NO. The minimum absolute atomic E-state index is 0.101. The molecule has 0 bridgehead atoms. The Hall–Kier alpha value is -1.59. The highest BCUT2D eigenvalue weighted by Crippen LogP contribution is 2.31. The summed E-state index contributed by atoms with van der Waals surface area (Å²) >= 11 is 11.5. The summed E-state index contributed by atoms with van der Waals surface area (Å²) in [6.45, 7) is 0. The van der Waals surface area contributed by atoms with Crippen molar-refractivity contribution in [1.82, 2.24) is 4.98 Å². The van der Waals surface area contributed by atoms with Crippen molar-refractivity contribution in [3.8, 4) is 0 Å². The normalized spacial score (nSPS) is 11.5. The summed E-state index contributed by atoms with van der Waals surface area (Å²) in [4.78, 5) is 15.6. The van der Waals surface area contributed by atoms with Crippen molar-refractivity contribution in [2.24, 2.45) is 0 Å². The fourth-order valence-electron chi connectivity index (χ4n) is 1.64. The Labute approximate surface area is 128 Å². The molecule has 0 aliphatic rings. The van der Waals surface area contributed by atoms with Crippen molar-refractivity contribution >= 4 is 29.0 Å². The van der Waals surface area contributed by atoms with Crippen LogP contribution in [-0.2, 0) is 12.6 Å². The van der Waals surface area contributed by atoms with E-state index in [-0.39, 0.29) is 22.9 Å². The van der Waals surface area contributed by atoms with Crippen LogP contribution in [0.4, 0.5) is 13.2 Å². The number of benzene rings is 1. The molecule has 0 fully saturated rings. The van der Waals surface area contributed by atoms with Gasteiger partial charge in [0.05, 0.1) is 22.7 Å². The van der Waals surface area contributed by atoms with E-state index in [2.05, 4.69) is 4.98 Å². The van der Waals surface area contributed by atoms with Crippen LogP contribution < -0.4 is 0 Å². The molecule has 0 saturated heterocycles. The van der Waals surface area contributed by atoms with Crippen LogP contribution in [-0.4, -0.2) is 10.8 Å². The molecule has 0 amide bonds. The maximum Gasteiger partial charge on any atom is 0.417 e. The first-order valence-corrected chi connectivity index (χ1v) is 6.53. The first-order valence-electron chi connectivity index (χ1n) is 5.78. The number of ketones is 1. The first-order chi connectivity index (χ1) is 9.77. The molecule has 1 aromatic heterocycles. The number of carbonyl (C=O) groups excluding carboxylic acids is 1. The second-order valence-electron chi connectivity index (χ2n) is 4.26. The van der Waals surface area contributed by atoms with Gasteiger partial charge in [0, 0.05) is 16.8 Å². The molecule has 110 valence electrons. The number of aromatic nitrogens is 1. The lowest BCUT2D eigenvalue weighted by Gasteiger charge is -2.09. The lowest BCUT2D eigenvalue weighted by atomic mass is 10.1. The molecule has 0 aliphatic carbocycles. The smallest absolute Gasteiger partial charge is 0.294 e. The number of Topliss-reactive ketones (excluding diaryl/α,β-unsaturated/α-hetero) is 1. The molecule has 0 unspecified atom stereocenters. The average Bonchev–Trinajstić information content (AvgIpc) is 2.40. The maximum atomic E-state index is 12.5. The quantitative estimate of drug-likeness (QED) is 0.753. The summed E-state index contributed by atoms with van der Waals surface area (Å²) in [5, 5.41) is 0.296. The Balaban J connectivity index is 2.20. The number of pyridine rings is 1. The van der Waals surface area contributed by atoms with Gasteiger partial charge in [0.2, 0.25) is 0 Å². The molecule has 21 heavy (non-hydrogen) atoms. The first kappa shape index (κ1) is 15.8. The van der Waals surface area contributed by atoms with Gasteiger partial charge >= 0.3 is 6.18 Å². The number of hydrogen-bond acceptors (Lipinski definition) is 2. The molecule has 0 radical (unpaired) electrons. The van der Waals surface area contributed by atoms with Gasteiger partial charge in [-0.15, -0.1) is 0 Å². The minimum Gasteiger partial charge on any atom is -0.294 e. The molecule has 0 N–H and O–H groups in total. The van der Waals surface area contributed by atoms with Crippen LogP contribution in [0.1, 0.15) is 21.6 Å². The van der Waals surface area contributed by atoms with Crippen molar-refractivity contribution in [3.05, 3.63) is 63.4 Å². The van der Waals surface area contributed by atoms with E-state index in [1.165, 1.54) is 12.1 Å². The summed E-state index contributed by atoms with van der Waals surface area (Å²) in [6, 6.07) is 6.93. The molecule has 0 spiro atoms. The monoisotopic (exact) mass is 333 g/mol. The number of hydrogen-bond donors (Lipinski definition) is 0. The topological polar surface area (TPSA) is 30.0 Å². The van der Waals surface area contributed by atoms with Gasteiger partial charge in [-0.05, 0) is 30.3 Å². The van der Waals surface area contributed by atoms with Crippen molar-refractivity contribution in [3.63, 3.8) is 0 Å². The third kappa shape index (κ3) is 3.95. The molecule has 2 nitrogen and oxygen atoms in total. The molecule has 1 aromatic carbocycles. The molecule has 2 rings (SSSR count). The zero-order chi connectivity index (χ0) is 15.6. The highest BCUT2D eigenvalue weighted by atomic mass is 35.5. The Morgan fingerprint density at radius 2 is 1.76 bits per heavy atom. The van der Waals surface area contributed by atoms with Gasteiger partial charge in [-0.2, -0.15) is 13.2 Å². The van der Waals surface area contributed by atoms with Crippen LogP contribution in [0.5, 0.6) is 0 Å². The van der Waals surface area contributed by atoms with E-state index in [0.29, 0.717) is 16.8 Å². The summed E-state index contributed by atoms with van der Waals surface area (Å²) < 4.78 is 37.5. The number of nitrogens with zero attached hydrogens (tertiary/aromatic N) is 1. The van der Waals surface area contributed by atoms with E-state index < -0.39 is 11.7 Å². The maximum absolute atomic E-state index is 12.5. The molecule has 1 heterocycles. The molecule has 0 aliphatic heterocycles. The lowest BCUT2D eigenvalue weighted by Crippen LogP contribution is -2.09. The van der Waals surface area contributed by atoms with Gasteiger partial charge in [0.25, 0.3) is 0 Å². The molecular weight excluding hydrogens is 326 g/mol. The van der Waals surface area contributed by atoms with Crippen LogP contribution in [0.3, 0.4) is 0 Å². The summed E-state index contributed by atoms with van der Waals surface area (Å²) in [5.74, 6) is -0.305. The Morgan fingerprint density at radius 1 is 1.14 bits per heavy atom. The van der Waals surface area contributed by atoms with Crippen LogP contribution in [0.15, 0.2) is 36.5 Å². The summed E-state index contributed by atoms with van der Waals surface area (Å²) in [6.07, 6.45) is -4.04. The predicted octanol–water partition coefficient (Wildman–Crippen LogP) is 4.83. The standard InChI is InChI=1S/C14H8Cl2F3NO/c15-10-3-1-8(2-4-10)13(21)6-12-11(16)5-9(7-20-12)14(17,18)19/h1-5,7H,6H2. The highest BCUT2D eigenvalue weighted by Gasteiger charge is 2.31. The third-order valence-corrected chi connectivity index (χ3v) is 3.32. The van der Waals surface area contributed by atoms with Crippen LogP contribution in [0, 0.1) is 0 Å². The van der Waals surface area contributed by atoms with Crippen molar-refractivity contribution in [2.75, 3.05) is 0 Å². The SMILES string of the molecule is O=C(Cc1ncc(C(F)(F)F)cc1Cl)c1ccc(Cl)cc1. The van der Waals surface area contributed by atoms with Crippen LogP contribution >= 0.6 is 23.2 Å². The summed E-state index contributed by atoms with van der Waals surface area (Å²) in [7, 11) is 0. The molecule has 7 heteroatoms. The van der Waals surface area contributed by atoms with Crippen LogP contribution in [0.25, 0.3) is 0 Å². The van der Waals surface area contributed by atoms with E-state index in [1.807, 2.05) is 0 Å². The molecule has 0 atom stereocenters. The van der Waals surface area contributed by atoms with E-state index >= 15 is 0 Å². The average molecular weight is 334 g/mol. The minimum atomic E-state index is -4.52. The Bertz CT molecular complexity index is 669. The number of rotatable bonds is 3. The fraction of sp³-hybridized carbons (Fsp3) is 0.143. The van der Waals surface area contributed by atoms with Gasteiger partial charge in [0.1, 0.15) is 0 Å². The molecule has 2 aromatic rings. The van der Waals surface area contributed by atoms with Crippen LogP contribution in [0.2, 0.25) is 10.0 Å². The fourth-order valence-corrected chi connectivity index (χ4v) is 2.00. The lowest BCUT2D eigenvalue weighted by molar-refractivity contribution is -0.137. The Morgan fingerprint density at radius 3 is 2.29 bits per heavy atom. The van der Waals surface area contributed by atoms with Crippen molar-refractivity contribution in [2.45, 2.75) is 12.6 Å².